The zero-order valence-corrected chi connectivity index (χ0v) is 14.5. The number of carbonyl (C=O) groups is 1. The van der Waals surface area contributed by atoms with Gasteiger partial charge in [0.05, 0.1) is 17.2 Å². The summed E-state index contributed by atoms with van der Waals surface area (Å²) < 4.78 is 18.1. The summed E-state index contributed by atoms with van der Waals surface area (Å²) in [6.45, 7) is 2.36. The molecule has 0 bridgehead atoms. The molecule has 0 unspecified atom stereocenters. The first-order valence-electron chi connectivity index (χ1n) is 7.25. The lowest BCUT2D eigenvalue weighted by molar-refractivity contribution is 0.0526. The van der Waals surface area contributed by atoms with E-state index in [1.807, 2.05) is 0 Å². The Morgan fingerprint density at radius 2 is 2.08 bits per heavy atom. The van der Waals surface area contributed by atoms with Gasteiger partial charge in [0.2, 0.25) is 0 Å². The molecule has 0 aromatic heterocycles. The Balaban J connectivity index is 1.98. The van der Waals surface area contributed by atoms with E-state index in [1.165, 1.54) is 12.1 Å². The predicted octanol–water partition coefficient (Wildman–Crippen LogP) is 4.14. The average Bonchev–Trinajstić information content (AvgIpc) is 2.55. The molecule has 0 saturated carbocycles. The van der Waals surface area contributed by atoms with Crippen LogP contribution in [0.4, 0.5) is 10.1 Å². The minimum atomic E-state index is -0.496. The molecule has 4 nitrogen and oxygen atoms in total. The van der Waals surface area contributed by atoms with Gasteiger partial charge in [-0.25, -0.2) is 9.18 Å². The minimum absolute atomic E-state index is 0.261. The maximum absolute atomic E-state index is 13.1. The molecule has 0 amide bonds. The molecule has 2 aromatic carbocycles. The number of anilines is 1. The molecular formula is C17H16ClFN2O2S. The summed E-state index contributed by atoms with van der Waals surface area (Å²) in [5.41, 5.74) is 1.62. The lowest BCUT2D eigenvalue weighted by atomic mass is 10.2. The van der Waals surface area contributed by atoms with Gasteiger partial charge in [-0.15, -0.1) is 0 Å². The summed E-state index contributed by atoms with van der Waals surface area (Å²) in [5, 5.41) is 6.57. The standard InChI is InChI=1S/C17H16ClFN2O2S/c1-2-23-16(22)14-9-13(6-7-15(14)18)21-17(24)20-10-11-4-3-5-12(19)8-11/h3-9H,2,10H2,1H3,(H2,20,21,24). The first kappa shape index (κ1) is 18.2. The first-order chi connectivity index (χ1) is 11.5. The van der Waals surface area contributed by atoms with Crippen molar-refractivity contribution in [1.82, 2.24) is 5.32 Å². The molecule has 2 aromatic rings. The summed E-state index contributed by atoms with van der Waals surface area (Å²) in [5.74, 6) is -0.797. The normalized spacial score (nSPS) is 10.1. The van der Waals surface area contributed by atoms with E-state index in [0.717, 1.165) is 5.56 Å². The van der Waals surface area contributed by atoms with E-state index in [0.29, 0.717) is 22.4 Å². The van der Waals surface area contributed by atoms with Gasteiger partial charge in [0.25, 0.3) is 0 Å². The van der Waals surface area contributed by atoms with Crippen LogP contribution in [0, 0.1) is 5.82 Å². The number of ether oxygens (including phenoxy) is 1. The molecule has 0 radical (unpaired) electrons. The lowest BCUT2D eigenvalue weighted by Gasteiger charge is -2.12. The molecule has 0 heterocycles. The smallest absolute Gasteiger partial charge is 0.339 e. The quantitative estimate of drug-likeness (QED) is 0.615. The van der Waals surface area contributed by atoms with Crippen molar-refractivity contribution in [2.24, 2.45) is 0 Å². The molecule has 0 aliphatic carbocycles. The van der Waals surface area contributed by atoms with Crippen LogP contribution in [0.1, 0.15) is 22.8 Å². The van der Waals surface area contributed by atoms with Crippen molar-refractivity contribution in [3.63, 3.8) is 0 Å². The third-order valence-electron chi connectivity index (χ3n) is 3.06. The summed E-state index contributed by atoms with van der Waals surface area (Å²) >= 11 is 11.2. The molecule has 24 heavy (non-hydrogen) atoms. The summed E-state index contributed by atoms with van der Waals surface area (Å²) in [7, 11) is 0. The Morgan fingerprint density at radius 3 is 2.79 bits per heavy atom. The van der Waals surface area contributed by atoms with Gasteiger partial charge in [-0.1, -0.05) is 23.7 Å². The molecule has 0 saturated heterocycles. The van der Waals surface area contributed by atoms with Crippen LogP contribution in [0.2, 0.25) is 5.02 Å². The highest BCUT2D eigenvalue weighted by atomic mass is 35.5. The van der Waals surface area contributed by atoms with Crippen molar-refractivity contribution in [3.05, 3.63) is 64.4 Å². The number of benzene rings is 2. The summed E-state index contributed by atoms with van der Waals surface area (Å²) in [4.78, 5) is 11.8. The Bertz CT molecular complexity index is 755. The maximum Gasteiger partial charge on any atom is 0.339 e. The van der Waals surface area contributed by atoms with Crippen LogP contribution in [0.15, 0.2) is 42.5 Å². The van der Waals surface area contributed by atoms with Crippen molar-refractivity contribution in [2.75, 3.05) is 11.9 Å². The second-order valence-corrected chi connectivity index (χ2v) is 5.67. The van der Waals surface area contributed by atoms with Crippen molar-refractivity contribution < 1.29 is 13.9 Å². The van der Waals surface area contributed by atoms with E-state index < -0.39 is 5.97 Å². The Labute approximate surface area is 150 Å². The highest BCUT2D eigenvalue weighted by Gasteiger charge is 2.12. The Morgan fingerprint density at radius 1 is 1.29 bits per heavy atom. The van der Waals surface area contributed by atoms with Gasteiger partial charge in [0, 0.05) is 12.2 Å². The molecule has 0 spiro atoms. The third-order valence-corrected chi connectivity index (χ3v) is 3.64. The number of hydrogen-bond donors (Lipinski definition) is 2. The molecule has 2 rings (SSSR count). The topological polar surface area (TPSA) is 50.4 Å². The molecule has 0 aliphatic heterocycles. The lowest BCUT2D eigenvalue weighted by Crippen LogP contribution is -2.28. The molecule has 7 heteroatoms. The van der Waals surface area contributed by atoms with E-state index in [1.54, 1.807) is 37.3 Å². The molecule has 0 fully saturated rings. The van der Waals surface area contributed by atoms with Crippen LogP contribution in [0.3, 0.4) is 0 Å². The SMILES string of the molecule is CCOC(=O)c1cc(NC(=S)NCc2cccc(F)c2)ccc1Cl. The van der Waals surface area contributed by atoms with E-state index in [4.69, 9.17) is 28.6 Å². The van der Waals surface area contributed by atoms with Crippen molar-refractivity contribution in [2.45, 2.75) is 13.5 Å². The monoisotopic (exact) mass is 366 g/mol. The van der Waals surface area contributed by atoms with Crippen LogP contribution in [-0.4, -0.2) is 17.7 Å². The number of esters is 1. The van der Waals surface area contributed by atoms with Crippen LogP contribution >= 0.6 is 23.8 Å². The van der Waals surface area contributed by atoms with E-state index in [2.05, 4.69) is 10.6 Å². The second kappa shape index (κ2) is 8.61. The van der Waals surface area contributed by atoms with Crippen LogP contribution in [0.25, 0.3) is 0 Å². The van der Waals surface area contributed by atoms with Gasteiger partial charge in [-0.2, -0.15) is 0 Å². The fourth-order valence-corrected chi connectivity index (χ4v) is 2.36. The van der Waals surface area contributed by atoms with Gasteiger partial charge in [0.1, 0.15) is 5.82 Å². The first-order valence-corrected chi connectivity index (χ1v) is 8.04. The van der Waals surface area contributed by atoms with Gasteiger partial charge in [-0.05, 0) is 55.0 Å². The third kappa shape index (κ3) is 5.18. The average molecular weight is 367 g/mol. The van der Waals surface area contributed by atoms with Gasteiger partial charge in [0.15, 0.2) is 5.11 Å². The largest absolute Gasteiger partial charge is 0.462 e. The van der Waals surface area contributed by atoms with Crippen molar-refractivity contribution in [1.29, 1.82) is 0 Å². The predicted molar refractivity (Wildman–Crippen MR) is 96.9 cm³/mol. The molecule has 0 atom stereocenters. The highest BCUT2D eigenvalue weighted by molar-refractivity contribution is 7.80. The molecule has 126 valence electrons. The van der Waals surface area contributed by atoms with E-state index >= 15 is 0 Å². The van der Waals surface area contributed by atoms with Crippen LogP contribution < -0.4 is 10.6 Å². The number of rotatable bonds is 5. The molecular weight excluding hydrogens is 351 g/mol. The minimum Gasteiger partial charge on any atom is -0.462 e. The summed E-state index contributed by atoms with van der Waals surface area (Å²) in [6, 6.07) is 11.1. The van der Waals surface area contributed by atoms with Crippen molar-refractivity contribution in [3.8, 4) is 0 Å². The fourth-order valence-electron chi connectivity index (χ4n) is 1.97. The van der Waals surface area contributed by atoms with Crippen LogP contribution in [0.5, 0.6) is 0 Å². The Kier molecular flexibility index (Phi) is 6.52. The molecule has 0 aliphatic rings. The number of carbonyl (C=O) groups excluding carboxylic acids is 1. The van der Waals surface area contributed by atoms with Crippen LogP contribution in [-0.2, 0) is 11.3 Å². The van der Waals surface area contributed by atoms with E-state index in [9.17, 15) is 9.18 Å². The maximum atomic E-state index is 13.1. The number of nitrogens with one attached hydrogen (secondary N) is 2. The number of halogens is 2. The van der Waals surface area contributed by atoms with Gasteiger partial charge in [-0.3, -0.25) is 0 Å². The summed E-state index contributed by atoms with van der Waals surface area (Å²) in [6.07, 6.45) is 0. The second-order valence-electron chi connectivity index (χ2n) is 4.85. The number of hydrogen-bond acceptors (Lipinski definition) is 3. The zero-order chi connectivity index (χ0) is 17.5. The van der Waals surface area contributed by atoms with Gasteiger partial charge >= 0.3 is 5.97 Å². The van der Waals surface area contributed by atoms with Gasteiger partial charge < -0.3 is 15.4 Å². The number of thiocarbonyl (C=S) groups is 1. The highest BCUT2D eigenvalue weighted by Crippen LogP contribution is 2.21. The van der Waals surface area contributed by atoms with E-state index in [-0.39, 0.29) is 18.0 Å². The van der Waals surface area contributed by atoms with Crippen molar-refractivity contribution >= 4 is 40.6 Å². The zero-order valence-electron chi connectivity index (χ0n) is 12.9. The Hall–Kier alpha value is -2.18. The fraction of sp³-hybridized carbons (Fsp3) is 0.176. The molecule has 2 N–H and O–H groups in total.